The largest absolute Gasteiger partial charge is 0.466 e. The highest BCUT2D eigenvalue weighted by Gasteiger charge is 1.95. The van der Waals surface area contributed by atoms with Crippen molar-refractivity contribution in [3.05, 3.63) is 23.0 Å². The van der Waals surface area contributed by atoms with Gasteiger partial charge in [0.2, 0.25) is 0 Å². The summed E-state index contributed by atoms with van der Waals surface area (Å²) >= 11 is 0. The maximum Gasteiger partial charge on any atom is 0.331 e. The molecule has 0 saturated carbocycles. The molecule has 0 saturated heterocycles. The molecule has 5 nitrogen and oxygen atoms in total. The van der Waals surface area contributed by atoms with E-state index in [9.17, 15) is 13.8 Å². The summed E-state index contributed by atoms with van der Waals surface area (Å²) in [7, 11) is 0.889. The monoisotopic (exact) mass is 218 g/mol. The zero-order valence-electron chi connectivity index (χ0n) is 7.76. The summed E-state index contributed by atoms with van der Waals surface area (Å²) < 4.78 is 19.5. The molecule has 0 aromatic rings. The number of hydrogen-bond donors (Lipinski definition) is 0. The van der Waals surface area contributed by atoms with E-state index in [2.05, 4.69) is 9.47 Å². The van der Waals surface area contributed by atoms with Crippen molar-refractivity contribution < 1.29 is 23.3 Å². The number of esters is 2. The molecule has 0 aliphatic heterocycles. The lowest BCUT2D eigenvalue weighted by Gasteiger charge is -1.89. The van der Waals surface area contributed by atoms with E-state index >= 15 is 0 Å². The van der Waals surface area contributed by atoms with Crippen molar-refractivity contribution in [2.24, 2.45) is 0 Å². The Morgan fingerprint density at radius 3 is 1.64 bits per heavy atom. The van der Waals surface area contributed by atoms with Gasteiger partial charge in [0.1, 0.15) is 0 Å². The Bertz CT molecular complexity index is 264. The maximum absolute atomic E-state index is 11.0. The lowest BCUT2D eigenvalue weighted by molar-refractivity contribution is -0.135. The van der Waals surface area contributed by atoms with Crippen LogP contribution in [0.3, 0.4) is 0 Å². The molecule has 0 aliphatic rings. The molecular weight excluding hydrogens is 208 g/mol. The van der Waals surface area contributed by atoms with Crippen LogP contribution in [0.2, 0.25) is 0 Å². The molecule has 1 unspecified atom stereocenters. The Labute approximate surface area is 83.8 Å². The molecule has 6 heteroatoms. The maximum atomic E-state index is 11.0. The van der Waals surface area contributed by atoms with Gasteiger partial charge in [-0.3, -0.25) is 4.21 Å². The first-order valence-electron chi connectivity index (χ1n) is 3.52. The highest BCUT2D eigenvalue weighted by Crippen LogP contribution is 1.90. The third-order valence-electron chi connectivity index (χ3n) is 1.08. The number of rotatable bonds is 4. The van der Waals surface area contributed by atoms with Crippen LogP contribution in [0.5, 0.6) is 0 Å². The van der Waals surface area contributed by atoms with Crippen LogP contribution in [0.15, 0.2) is 23.0 Å². The summed E-state index contributed by atoms with van der Waals surface area (Å²) in [6, 6.07) is 0. The Morgan fingerprint density at radius 2 is 1.36 bits per heavy atom. The fourth-order valence-corrected chi connectivity index (χ4v) is 1.01. The number of carbonyl (C=O) groups is 2. The van der Waals surface area contributed by atoms with Crippen LogP contribution in [-0.2, 0) is 29.9 Å². The fraction of sp³-hybridized carbons (Fsp3) is 0.250. The topological polar surface area (TPSA) is 69.7 Å². The molecule has 0 aromatic heterocycles. The molecule has 0 aromatic carbocycles. The first-order chi connectivity index (χ1) is 6.60. The SMILES string of the molecule is COC(=O)/C=C\S(=O)/C=C/C(=O)OC. The van der Waals surface area contributed by atoms with Crippen LogP contribution in [0.25, 0.3) is 0 Å². The summed E-state index contributed by atoms with van der Waals surface area (Å²) in [5.74, 6) is -1.21. The van der Waals surface area contributed by atoms with Gasteiger partial charge < -0.3 is 9.47 Å². The second-order valence-electron chi connectivity index (χ2n) is 1.98. The summed E-state index contributed by atoms with van der Waals surface area (Å²) in [6.07, 6.45) is 2.02. The molecule has 78 valence electrons. The van der Waals surface area contributed by atoms with Gasteiger partial charge in [-0.1, -0.05) is 0 Å². The van der Waals surface area contributed by atoms with Crippen molar-refractivity contribution in [2.45, 2.75) is 0 Å². The molecule has 0 spiro atoms. The Balaban J connectivity index is 4.11. The Morgan fingerprint density at radius 1 is 1.00 bits per heavy atom. The van der Waals surface area contributed by atoms with Crippen molar-refractivity contribution in [2.75, 3.05) is 14.2 Å². The van der Waals surface area contributed by atoms with Crippen molar-refractivity contribution in [3.8, 4) is 0 Å². The number of hydrogen-bond acceptors (Lipinski definition) is 5. The summed E-state index contributed by atoms with van der Waals surface area (Å²) in [5.41, 5.74) is 0. The van der Waals surface area contributed by atoms with Crippen molar-refractivity contribution in [1.29, 1.82) is 0 Å². The average Bonchev–Trinajstić information content (AvgIpc) is 2.22. The number of carbonyl (C=O) groups excluding carboxylic acids is 2. The molecule has 0 N–H and O–H groups in total. The van der Waals surface area contributed by atoms with Gasteiger partial charge in [0.05, 0.1) is 25.0 Å². The minimum absolute atomic E-state index is 0.607. The normalized spacial score (nSPS) is 13.0. The summed E-state index contributed by atoms with van der Waals surface area (Å²) in [5, 5.41) is 2.20. The van der Waals surface area contributed by atoms with Gasteiger partial charge in [0.15, 0.2) is 0 Å². The van der Waals surface area contributed by atoms with E-state index in [0.717, 1.165) is 23.0 Å². The smallest absolute Gasteiger partial charge is 0.331 e. The zero-order chi connectivity index (χ0) is 11.0. The molecule has 0 rings (SSSR count). The van der Waals surface area contributed by atoms with Crippen LogP contribution in [-0.4, -0.2) is 30.4 Å². The van der Waals surface area contributed by atoms with Gasteiger partial charge in [0.25, 0.3) is 0 Å². The van der Waals surface area contributed by atoms with Crippen LogP contribution in [0.1, 0.15) is 0 Å². The fourth-order valence-electron chi connectivity index (χ4n) is 0.427. The molecule has 0 bridgehead atoms. The van der Waals surface area contributed by atoms with Crippen LogP contribution in [0.4, 0.5) is 0 Å². The predicted octanol–water partition coefficient (Wildman–Crippen LogP) is 0.108. The lowest BCUT2D eigenvalue weighted by atomic mass is 10.7. The molecule has 1 atom stereocenters. The van der Waals surface area contributed by atoms with Gasteiger partial charge >= 0.3 is 11.9 Å². The van der Waals surface area contributed by atoms with Gasteiger partial charge in [0, 0.05) is 23.0 Å². The Kier molecular flexibility index (Phi) is 6.30. The van der Waals surface area contributed by atoms with E-state index in [4.69, 9.17) is 0 Å². The van der Waals surface area contributed by atoms with Crippen molar-refractivity contribution >= 4 is 22.7 Å². The quantitative estimate of drug-likeness (QED) is 0.494. The molecule has 0 amide bonds. The van der Waals surface area contributed by atoms with Crippen LogP contribution < -0.4 is 0 Å². The van der Waals surface area contributed by atoms with E-state index in [1.807, 2.05) is 0 Å². The minimum Gasteiger partial charge on any atom is -0.466 e. The van der Waals surface area contributed by atoms with Gasteiger partial charge in [-0.15, -0.1) is 0 Å². The van der Waals surface area contributed by atoms with Gasteiger partial charge in [-0.25, -0.2) is 9.59 Å². The molecule has 14 heavy (non-hydrogen) atoms. The third-order valence-corrected chi connectivity index (χ3v) is 1.89. The standard InChI is InChI=1S/C8H10O5S/c1-12-7(9)3-5-14(11)6-4-8(10)13-2/h3-6H,1-2H3/b5-3-,6-4+. The van der Waals surface area contributed by atoms with E-state index < -0.39 is 22.7 Å². The molecule has 0 aliphatic carbocycles. The highest BCUT2D eigenvalue weighted by atomic mass is 32.2. The molecule has 0 radical (unpaired) electrons. The molecule has 0 heterocycles. The second kappa shape index (κ2) is 7.02. The average molecular weight is 218 g/mol. The lowest BCUT2D eigenvalue weighted by Crippen LogP contribution is -1.96. The summed E-state index contributed by atoms with van der Waals surface area (Å²) in [4.78, 5) is 21.1. The van der Waals surface area contributed by atoms with Crippen LogP contribution >= 0.6 is 0 Å². The van der Waals surface area contributed by atoms with E-state index in [1.54, 1.807) is 0 Å². The van der Waals surface area contributed by atoms with Crippen molar-refractivity contribution in [1.82, 2.24) is 0 Å². The second-order valence-corrected chi connectivity index (χ2v) is 3.18. The zero-order valence-corrected chi connectivity index (χ0v) is 8.58. The first-order valence-corrected chi connectivity index (χ1v) is 4.79. The van der Waals surface area contributed by atoms with E-state index in [1.165, 1.54) is 14.2 Å². The molecule has 0 fully saturated rings. The number of methoxy groups -OCH3 is 2. The first kappa shape index (κ1) is 12.6. The third kappa shape index (κ3) is 6.13. The van der Waals surface area contributed by atoms with Crippen molar-refractivity contribution in [3.63, 3.8) is 0 Å². The highest BCUT2D eigenvalue weighted by molar-refractivity contribution is 7.90. The van der Waals surface area contributed by atoms with Gasteiger partial charge in [-0.2, -0.15) is 0 Å². The number of ether oxygens (including phenoxy) is 2. The van der Waals surface area contributed by atoms with E-state index in [-0.39, 0.29) is 0 Å². The Hall–Kier alpha value is -1.43. The molecular formula is C8H10O5S. The minimum atomic E-state index is -1.53. The predicted molar refractivity (Wildman–Crippen MR) is 50.5 cm³/mol. The summed E-state index contributed by atoms with van der Waals surface area (Å²) in [6.45, 7) is 0. The van der Waals surface area contributed by atoms with E-state index in [0.29, 0.717) is 0 Å². The van der Waals surface area contributed by atoms with Crippen LogP contribution in [0, 0.1) is 0 Å². The van der Waals surface area contributed by atoms with Gasteiger partial charge in [-0.05, 0) is 0 Å².